The molecule has 0 spiro atoms. The minimum absolute atomic E-state index is 0.577. The van der Waals surface area contributed by atoms with Gasteiger partial charge < -0.3 is 19.9 Å². The first kappa shape index (κ1) is 17.1. The van der Waals surface area contributed by atoms with Crippen LogP contribution in [-0.2, 0) is 0 Å². The third-order valence-electron chi connectivity index (χ3n) is 4.54. The molecule has 1 aliphatic rings. The molecule has 0 saturated carbocycles. The van der Waals surface area contributed by atoms with Crippen molar-refractivity contribution in [1.82, 2.24) is 15.0 Å². The summed E-state index contributed by atoms with van der Waals surface area (Å²) in [4.78, 5) is 18.0. The quantitative estimate of drug-likeness (QED) is 0.748. The van der Waals surface area contributed by atoms with Crippen LogP contribution in [-0.4, -0.2) is 48.2 Å². The summed E-state index contributed by atoms with van der Waals surface area (Å²) in [6.07, 6.45) is 3.62. The molecule has 1 aromatic carbocycles. The van der Waals surface area contributed by atoms with Crippen molar-refractivity contribution in [2.75, 3.05) is 48.4 Å². The summed E-state index contributed by atoms with van der Waals surface area (Å²) < 4.78 is 5.26. The van der Waals surface area contributed by atoms with Crippen LogP contribution in [0.4, 0.5) is 23.3 Å². The summed E-state index contributed by atoms with van der Waals surface area (Å²) in [6.45, 7) is 3.62. The third kappa shape index (κ3) is 4.08. The van der Waals surface area contributed by atoms with Gasteiger partial charge in [-0.15, -0.1) is 0 Å². The summed E-state index contributed by atoms with van der Waals surface area (Å²) in [5, 5.41) is 3.24. The van der Waals surface area contributed by atoms with E-state index in [1.54, 1.807) is 13.3 Å². The second-order valence-corrected chi connectivity index (χ2v) is 6.26. The number of hydrogen-bond acceptors (Lipinski definition) is 7. The number of ether oxygens (including phenoxy) is 1. The molecule has 1 N–H and O–H groups in total. The Morgan fingerprint density at radius 2 is 1.67 bits per heavy atom. The van der Waals surface area contributed by atoms with Gasteiger partial charge in [0.2, 0.25) is 5.95 Å². The predicted molar refractivity (Wildman–Crippen MR) is 107 cm³/mol. The van der Waals surface area contributed by atoms with Crippen LogP contribution in [0.5, 0.6) is 5.75 Å². The number of aromatic nitrogens is 3. The number of benzene rings is 1. The summed E-state index contributed by atoms with van der Waals surface area (Å²) in [7, 11) is 1.65. The van der Waals surface area contributed by atoms with E-state index in [9.17, 15) is 0 Å². The molecule has 0 bridgehead atoms. The zero-order chi connectivity index (χ0) is 18.5. The van der Waals surface area contributed by atoms with Crippen LogP contribution in [0.3, 0.4) is 0 Å². The topological polar surface area (TPSA) is 66.4 Å². The van der Waals surface area contributed by atoms with Crippen molar-refractivity contribution in [3.63, 3.8) is 0 Å². The van der Waals surface area contributed by atoms with Crippen molar-refractivity contribution in [2.45, 2.75) is 0 Å². The maximum Gasteiger partial charge on any atom is 0.229 e. The second-order valence-electron chi connectivity index (χ2n) is 6.26. The maximum atomic E-state index is 5.26. The molecule has 3 heterocycles. The van der Waals surface area contributed by atoms with E-state index < -0.39 is 0 Å². The molecule has 0 aliphatic carbocycles. The fraction of sp³-hybridized carbons (Fsp3) is 0.250. The van der Waals surface area contributed by atoms with Gasteiger partial charge in [0.05, 0.1) is 7.11 Å². The number of rotatable bonds is 5. The Labute approximate surface area is 158 Å². The van der Waals surface area contributed by atoms with Gasteiger partial charge in [-0.2, -0.15) is 4.98 Å². The van der Waals surface area contributed by atoms with Gasteiger partial charge in [-0.1, -0.05) is 12.1 Å². The van der Waals surface area contributed by atoms with Gasteiger partial charge >= 0.3 is 0 Å². The molecule has 0 amide bonds. The number of methoxy groups -OCH3 is 1. The Kier molecular flexibility index (Phi) is 5.00. The van der Waals surface area contributed by atoms with E-state index >= 15 is 0 Å². The number of anilines is 4. The molecule has 138 valence electrons. The molecule has 1 aliphatic heterocycles. The molecule has 0 atom stereocenters. The monoisotopic (exact) mass is 362 g/mol. The van der Waals surface area contributed by atoms with Gasteiger partial charge in [0, 0.05) is 50.3 Å². The standard InChI is InChI=1S/C20H22N6O/c1-27-17-6-4-5-16(15-17)23-20-22-10-8-19(24-20)26-13-11-25(12-14-26)18-7-2-3-9-21-18/h2-10,15H,11-14H2,1H3,(H,22,23,24). The number of pyridine rings is 1. The molecule has 7 heteroatoms. The Hall–Kier alpha value is -3.35. The van der Waals surface area contributed by atoms with Gasteiger partial charge in [-0.05, 0) is 30.3 Å². The average Bonchev–Trinajstić information content (AvgIpc) is 2.75. The summed E-state index contributed by atoms with van der Waals surface area (Å²) in [6, 6.07) is 15.7. The van der Waals surface area contributed by atoms with Crippen LogP contribution < -0.4 is 19.9 Å². The minimum atomic E-state index is 0.577. The van der Waals surface area contributed by atoms with Gasteiger partial charge in [0.1, 0.15) is 17.4 Å². The SMILES string of the molecule is COc1cccc(Nc2nccc(N3CCN(c4ccccn4)CC3)n2)c1. The lowest BCUT2D eigenvalue weighted by atomic mass is 10.3. The van der Waals surface area contributed by atoms with Crippen LogP contribution in [0.1, 0.15) is 0 Å². The van der Waals surface area contributed by atoms with E-state index in [0.29, 0.717) is 5.95 Å². The zero-order valence-electron chi connectivity index (χ0n) is 15.2. The molecule has 1 fully saturated rings. The van der Waals surface area contributed by atoms with E-state index in [2.05, 4.69) is 36.1 Å². The molecular weight excluding hydrogens is 340 g/mol. The minimum Gasteiger partial charge on any atom is -0.497 e. The van der Waals surface area contributed by atoms with E-state index in [1.165, 1.54) is 0 Å². The van der Waals surface area contributed by atoms with Crippen molar-refractivity contribution >= 4 is 23.3 Å². The van der Waals surface area contributed by atoms with Crippen LogP contribution in [0.25, 0.3) is 0 Å². The normalized spacial score (nSPS) is 14.1. The number of hydrogen-bond donors (Lipinski definition) is 1. The van der Waals surface area contributed by atoms with Gasteiger partial charge in [0.15, 0.2) is 0 Å². The highest BCUT2D eigenvalue weighted by molar-refractivity contribution is 5.57. The van der Waals surface area contributed by atoms with Gasteiger partial charge in [0.25, 0.3) is 0 Å². The molecule has 27 heavy (non-hydrogen) atoms. The third-order valence-corrected chi connectivity index (χ3v) is 4.54. The lowest BCUT2D eigenvalue weighted by Crippen LogP contribution is -2.47. The van der Waals surface area contributed by atoms with Crippen LogP contribution >= 0.6 is 0 Å². The maximum absolute atomic E-state index is 5.26. The van der Waals surface area contributed by atoms with Crippen LogP contribution in [0, 0.1) is 0 Å². The number of nitrogens with one attached hydrogen (secondary N) is 1. The summed E-state index contributed by atoms with van der Waals surface area (Å²) in [5.74, 6) is 3.32. The highest BCUT2D eigenvalue weighted by atomic mass is 16.5. The Morgan fingerprint density at radius 1 is 0.852 bits per heavy atom. The Balaban J connectivity index is 1.42. The van der Waals surface area contributed by atoms with Crippen molar-refractivity contribution in [3.05, 3.63) is 60.9 Å². The fourth-order valence-electron chi connectivity index (χ4n) is 3.12. The highest BCUT2D eigenvalue weighted by Gasteiger charge is 2.19. The zero-order valence-corrected chi connectivity index (χ0v) is 15.2. The van der Waals surface area contributed by atoms with Crippen LogP contribution in [0.15, 0.2) is 60.9 Å². The molecule has 1 saturated heterocycles. The van der Waals surface area contributed by atoms with Crippen molar-refractivity contribution in [3.8, 4) is 5.75 Å². The second kappa shape index (κ2) is 7.90. The molecule has 0 radical (unpaired) electrons. The summed E-state index contributed by atoms with van der Waals surface area (Å²) in [5.41, 5.74) is 0.895. The molecular formula is C20H22N6O. The Bertz CT molecular complexity index is 880. The first-order valence-corrected chi connectivity index (χ1v) is 8.97. The molecule has 4 rings (SSSR count). The predicted octanol–water partition coefficient (Wildman–Crippen LogP) is 2.95. The number of piperazine rings is 1. The van der Waals surface area contributed by atoms with Gasteiger partial charge in [-0.25, -0.2) is 9.97 Å². The van der Waals surface area contributed by atoms with Gasteiger partial charge in [-0.3, -0.25) is 0 Å². The lowest BCUT2D eigenvalue weighted by molar-refractivity contribution is 0.415. The molecule has 2 aromatic heterocycles. The molecule has 3 aromatic rings. The van der Waals surface area contributed by atoms with E-state index in [4.69, 9.17) is 4.74 Å². The van der Waals surface area contributed by atoms with E-state index in [0.717, 1.165) is 49.3 Å². The fourth-order valence-corrected chi connectivity index (χ4v) is 3.12. The Morgan fingerprint density at radius 3 is 2.41 bits per heavy atom. The van der Waals surface area contributed by atoms with E-state index in [-0.39, 0.29) is 0 Å². The molecule has 7 nitrogen and oxygen atoms in total. The van der Waals surface area contributed by atoms with Crippen molar-refractivity contribution in [2.24, 2.45) is 0 Å². The molecule has 0 unspecified atom stereocenters. The smallest absolute Gasteiger partial charge is 0.229 e. The summed E-state index contributed by atoms with van der Waals surface area (Å²) >= 11 is 0. The average molecular weight is 362 g/mol. The highest BCUT2D eigenvalue weighted by Crippen LogP contribution is 2.22. The lowest BCUT2D eigenvalue weighted by Gasteiger charge is -2.36. The van der Waals surface area contributed by atoms with Crippen LogP contribution in [0.2, 0.25) is 0 Å². The first-order chi connectivity index (χ1) is 13.3. The van der Waals surface area contributed by atoms with E-state index in [1.807, 2.05) is 48.7 Å². The number of nitrogens with zero attached hydrogens (tertiary/aromatic N) is 5. The van der Waals surface area contributed by atoms with Crippen molar-refractivity contribution < 1.29 is 4.74 Å². The first-order valence-electron chi connectivity index (χ1n) is 8.97. The van der Waals surface area contributed by atoms with Crippen molar-refractivity contribution in [1.29, 1.82) is 0 Å². The largest absolute Gasteiger partial charge is 0.497 e.